The van der Waals surface area contributed by atoms with Crippen LogP contribution < -0.4 is 10.6 Å². The fraction of sp³-hybridized carbons (Fsp3) is 0.545. The fourth-order valence-corrected chi connectivity index (χ4v) is 4.18. The molecule has 3 heterocycles. The zero-order valence-corrected chi connectivity index (χ0v) is 18.0. The van der Waals surface area contributed by atoms with Gasteiger partial charge in [0.05, 0.1) is 24.8 Å². The molecule has 0 bridgehead atoms. The van der Waals surface area contributed by atoms with Crippen molar-refractivity contribution in [3.8, 4) is 0 Å². The fourth-order valence-electron chi connectivity index (χ4n) is 4.18. The molecule has 3 aliphatic heterocycles. The molecule has 9 heteroatoms. The minimum Gasteiger partial charge on any atom is -0.463 e. The van der Waals surface area contributed by atoms with Gasteiger partial charge in [0, 0.05) is 5.70 Å². The maximum atomic E-state index is 12.7. The van der Waals surface area contributed by atoms with Gasteiger partial charge in [0.15, 0.2) is 12.1 Å². The summed E-state index contributed by atoms with van der Waals surface area (Å²) in [5, 5.41) is 5.42. The summed E-state index contributed by atoms with van der Waals surface area (Å²) in [6.07, 6.45) is -2.50. The molecular weight excluding hydrogens is 404 g/mol. The summed E-state index contributed by atoms with van der Waals surface area (Å²) in [5.74, 6) is -1.36. The number of ether oxygens (including phenoxy) is 5. The van der Waals surface area contributed by atoms with Gasteiger partial charge in [-0.05, 0) is 33.3 Å². The molecule has 0 radical (unpaired) electrons. The molecule has 0 aliphatic carbocycles. The third kappa shape index (κ3) is 4.45. The Hall–Kier alpha value is -2.46. The second kappa shape index (κ2) is 8.58. The number of esters is 1. The van der Waals surface area contributed by atoms with E-state index in [0.717, 1.165) is 5.56 Å². The van der Waals surface area contributed by atoms with Crippen LogP contribution in [0.25, 0.3) is 0 Å². The van der Waals surface area contributed by atoms with E-state index >= 15 is 0 Å². The minimum atomic E-state index is -0.832. The first kappa shape index (κ1) is 21.8. The van der Waals surface area contributed by atoms with E-state index in [1.165, 1.54) is 0 Å². The maximum absolute atomic E-state index is 12.7. The van der Waals surface area contributed by atoms with E-state index in [-0.39, 0.29) is 6.61 Å². The predicted octanol–water partition coefficient (Wildman–Crippen LogP) is 1.97. The lowest BCUT2D eigenvalue weighted by Gasteiger charge is -2.35. The third-order valence-corrected chi connectivity index (χ3v) is 5.44. The van der Waals surface area contributed by atoms with Gasteiger partial charge in [0.2, 0.25) is 0 Å². The van der Waals surface area contributed by atoms with Gasteiger partial charge < -0.3 is 34.3 Å². The van der Waals surface area contributed by atoms with Gasteiger partial charge in [-0.25, -0.2) is 9.59 Å². The first-order valence-corrected chi connectivity index (χ1v) is 10.4. The number of fused-ring (bicyclic) bond motifs is 1. The summed E-state index contributed by atoms with van der Waals surface area (Å²) >= 11 is 0. The van der Waals surface area contributed by atoms with Crippen LogP contribution in [-0.2, 0) is 35.1 Å². The Morgan fingerprint density at radius 1 is 1.16 bits per heavy atom. The van der Waals surface area contributed by atoms with Crippen LogP contribution in [0.15, 0.2) is 41.6 Å². The highest BCUT2D eigenvalue weighted by Gasteiger charge is 2.58. The topological polar surface area (TPSA) is 104 Å². The number of urea groups is 1. The van der Waals surface area contributed by atoms with Crippen LogP contribution in [0.2, 0.25) is 0 Å². The number of benzene rings is 1. The zero-order valence-electron chi connectivity index (χ0n) is 18.0. The van der Waals surface area contributed by atoms with Gasteiger partial charge >= 0.3 is 12.0 Å². The molecule has 4 rings (SSSR count). The van der Waals surface area contributed by atoms with Gasteiger partial charge in [-0.1, -0.05) is 30.3 Å². The van der Waals surface area contributed by atoms with Crippen LogP contribution in [0.4, 0.5) is 4.79 Å². The van der Waals surface area contributed by atoms with Gasteiger partial charge in [-0.15, -0.1) is 0 Å². The van der Waals surface area contributed by atoms with Crippen LogP contribution in [0.3, 0.4) is 0 Å². The van der Waals surface area contributed by atoms with E-state index in [4.69, 9.17) is 23.7 Å². The molecule has 31 heavy (non-hydrogen) atoms. The van der Waals surface area contributed by atoms with Crippen LogP contribution in [0.1, 0.15) is 33.3 Å². The second-order valence-corrected chi connectivity index (χ2v) is 8.17. The Bertz CT molecular complexity index is 870. The molecule has 0 spiro atoms. The summed E-state index contributed by atoms with van der Waals surface area (Å²) in [6, 6.07) is 8.49. The summed E-state index contributed by atoms with van der Waals surface area (Å²) in [7, 11) is 0. The summed E-state index contributed by atoms with van der Waals surface area (Å²) in [6.45, 7) is 7.51. The molecule has 3 aliphatic rings. The summed E-state index contributed by atoms with van der Waals surface area (Å²) in [4.78, 5) is 24.9. The smallest absolute Gasteiger partial charge is 0.337 e. The number of allylic oxidation sites excluding steroid dienone is 1. The van der Waals surface area contributed by atoms with Crippen molar-refractivity contribution < 1.29 is 33.3 Å². The number of amides is 2. The van der Waals surface area contributed by atoms with Crippen LogP contribution >= 0.6 is 0 Å². The Morgan fingerprint density at radius 3 is 2.61 bits per heavy atom. The molecule has 0 saturated carbocycles. The summed E-state index contributed by atoms with van der Waals surface area (Å²) < 4.78 is 29.6. The maximum Gasteiger partial charge on any atom is 0.337 e. The first-order chi connectivity index (χ1) is 14.8. The van der Waals surface area contributed by atoms with Crippen molar-refractivity contribution in [2.75, 3.05) is 6.61 Å². The Kier molecular flexibility index (Phi) is 6.02. The Labute approximate surface area is 181 Å². The molecule has 1 aromatic carbocycles. The Balaban J connectivity index is 1.63. The number of carbonyl (C=O) groups is 2. The number of carbonyl (C=O) groups excluding carboxylic acids is 2. The highest BCUT2D eigenvalue weighted by atomic mass is 16.8. The average Bonchev–Trinajstić information content (AvgIpc) is 3.18. The van der Waals surface area contributed by atoms with Gasteiger partial charge in [-0.2, -0.15) is 0 Å². The molecule has 168 valence electrons. The largest absolute Gasteiger partial charge is 0.463 e. The van der Waals surface area contributed by atoms with E-state index in [9.17, 15) is 9.59 Å². The van der Waals surface area contributed by atoms with Crippen molar-refractivity contribution in [1.29, 1.82) is 0 Å². The lowest BCUT2D eigenvalue weighted by molar-refractivity contribution is -0.221. The van der Waals surface area contributed by atoms with E-state index in [0.29, 0.717) is 17.9 Å². The standard InChI is InChI=1S/C22H28N2O7/c1-5-27-19(25)14-12(2)23-21(26)24-15(14)16-17(28-11-13-9-7-6-8-10-13)18-20(29-16)31-22(3,4)30-18/h6-10,15-18,20H,5,11H2,1-4H3,(H2,23,24,26)/t15?,16-,17+,18-,20-/m1/s1. The van der Waals surface area contributed by atoms with Crippen LogP contribution in [0, 0.1) is 0 Å². The molecule has 1 aromatic rings. The number of hydrogen-bond acceptors (Lipinski definition) is 7. The number of hydrogen-bond donors (Lipinski definition) is 2. The Morgan fingerprint density at radius 2 is 1.90 bits per heavy atom. The van der Waals surface area contributed by atoms with E-state index in [1.807, 2.05) is 30.3 Å². The second-order valence-electron chi connectivity index (χ2n) is 8.17. The molecule has 2 N–H and O–H groups in total. The predicted molar refractivity (Wildman–Crippen MR) is 109 cm³/mol. The number of rotatable bonds is 6. The van der Waals surface area contributed by atoms with Gasteiger partial charge in [0.25, 0.3) is 0 Å². The molecule has 0 aromatic heterocycles. The lowest BCUT2D eigenvalue weighted by Crippen LogP contribution is -2.58. The van der Waals surface area contributed by atoms with Crippen molar-refractivity contribution >= 4 is 12.0 Å². The monoisotopic (exact) mass is 432 g/mol. The minimum absolute atomic E-state index is 0.210. The summed E-state index contributed by atoms with van der Waals surface area (Å²) in [5.41, 5.74) is 1.69. The van der Waals surface area contributed by atoms with Crippen molar-refractivity contribution in [2.45, 2.75) is 70.7 Å². The van der Waals surface area contributed by atoms with E-state index in [2.05, 4.69) is 10.6 Å². The average molecular weight is 432 g/mol. The quantitative estimate of drug-likeness (QED) is 0.662. The lowest BCUT2D eigenvalue weighted by atomic mass is 9.93. The molecule has 2 saturated heterocycles. The molecule has 5 atom stereocenters. The highest BCUT2D eigenvalue weighted by Crippen LogP contribution is 2.41. The molecule has 2 amide bonds. The first-order valence-electron chi connectivity index (χ1n) is 10.4. The van der Waals surface area contributed by atoms with Gasteiger partial charge in [0.1, 0.15) is 18.3 Å². The SMILES string of the molecule is CCOC(=O)C1=C(C)NC(=O)NC1[C@H]1O[C@@H]2OC(C)(C)O[C@@H]2[C@H]1OCc1ccccc1. The van der Waals surface area contributed by atoms with Crippen molar-refractivity contribution in [1.82, 2.24) is 10.6 Å². The van der Waals surface area contributed by atoms with Gasteiger partial charge in [-0.3, -0.25) is 0 Å². The van der Waals surface area contributed by atoms with Crippen molar-refractivity contribution in [3.63, 3.8) is 0 Å². The normalized spacial score (nSPS) is 31.7. The van der Waals surface area contributed by atoms with Crippen LogP contribution in [0.5, 0.6) is 0 Å². The van der Waals surface area contributed by atoms with E-state index < -0.39 is 48.4 Å². The number of nitrogens with one attached hydrogen (secondary N) is 2. The third-order valence-electron chi connectivity index (χ3n) is 5.44. The van der Waals surface area contributed by atoms with E-state index in [1.54, 1.807) is 27.7 Å². The van der Waals surface area contributed by atoms with Crippen LogP contribution in [-0.4, -0.2) is 55.0 Å². The molecular formula is C22H28N2O7. The zero-order chi connectivity index (χ0) is 22.2. The van der Waals surface area contributed by atoms with Crippen molar-refractivity contribution in [3.05, 3.63) is 47.2 Å². The molecule has 1 unspecified atom stereocenters. The molecule has 2 fully saturated rings. The van der Waals surface area contributed by atoms with Crippen molar-refractivity contribution in [2.24, 2.45) is 0 Å². The highest BCUT2D eigenvalue weighted by molar-refractivity contribution is 5.94. The molecule has 9 nitrogen and oxygen atoms in total.